The second-order valence-electron chi connectivity index (χ2n) is 3.88. The van der Waals surface area contributed by atoms with Crippen molar-refractivity contribution in [2.75, 3.05) is 0 Å². The third-order valence-electron chi connectivity index (χ3n) is 2.67. The molecule has 2 aromatic heterocycles. The zero-order chi connectivity index (χ0) is 12.4. The zero-order valence-electron chi connectivity index (χ0n) is 9.49. The standard InChI is InChI=1S/C14H10BrN3/c15-14-7-6-13(9-16-14)18-10-12(8-17-18)11-4-2-1-3-5-11/h1-10H. The van der Waals surface area contributed by atoms with Gasteiger partial charge in [-0.2, -0.15) is 5.10 Å². The molecule has 0 unspecified atom stereocenters. The van der Waals surface area contributed by atoms with E-state index in [9.17, 15) is 0 Å². The van der Waals surface area contributed by atoms with Crippen LogP contribution in [-0.4, -0.2) is 14.8 Å². The predicted molar refractivity (Wildman–Crippen MR) is 74.5 cm³/mol. The summed E-state index contributed by atoms with van der Waals surface area (Å²) >= 11 is 3.32. The molecule has 0 saturated heterocycles. The number of pyridine rings is 1. The molecule has 0 aliphatic heterocycles. The van der Waals surface area contributed by atoms with Crippen LogP contribution in [0.15, 0.2) is 65.7 Å². The lowest BCUT2D eigenvalue weighted by Crippen LogP contribution is -1.94. The predicted octanol–water partition coefficient (Wildman–Crippen LogP) is 3.70. The molecule has 0 atom stereocenters. The maximum absolute atomic E-state index is 4.35. The molecular formula is C14H10BrN3. The van der Waals surface area contributed by atoms with Gasteiger partial charge in [0.1, 0.15) is 4.60 Å². The Balaban J connectivity index is 1.97. The third-order valence-corrected chi connectivity index (χ3v) is 3.14. The highest BCUT2D eigenvalue weighted by Crippen LogP contribution is 2.19. The lowest BCUT2D eigenvalue weighted by atomic mass is 10.1. The molecule has 0 radical (unpaired) electrons. The molecule has 3 nitrogen and oxygen atoms in total. The zero-order valence-corrected chi connectivity index (χ0v) is 11.1. The molecule has 4 heteroatoms. The van der Waals surface area contributed by atoms with Crippen LogP contribution in [-0.2, 0) is 0 Å². The normalized spacial score (nSPS) is 10.5. The highest BCUT2D eigenvalue weighted by atomic mass is 79.9. The molecule has 0 spiro atoms. The van der Waals surface area contributed by atoms with Crippen molar-refractivity contribution in [1.82, 2.24) is 14.8 Å². The molecule has 1 aromatic carbocycles. The van der Waals surface area contributed by atoms with Gasteiger partial charge >= 0.3 is 0 Å². The minimum Gasteiger partial charge on any atom is -0.247 e. The van der Waals surface area contributed by atoms with E-state index in [1.54, 1.807) is 6.20 Å². The van der Waals surface area contributed by atoms with Gasteiger partial charge in [-0.25, -0.2) is 9.67 Å². The molecule has 3 rings (SSSR count). The van der Waals surface area contributed by atoms with Crippen molar-refractivity contribution in [1.29, 1.82) is 0 Å². The SMILES string of the molecule is Brc1ccc(-n2cc(-c3ccccc3)cn2)cn1. The van der Waals surface area contributed by atoms with Gasteiger partial charge < -0.3 is 0 Å². The van der Waals surface area contributed by atoms with E-state index in [1.807, 2.05) is 47.4 Å². The van der Waals surface area contributed by atoms with Crippen LogP contribution in [0.4, 0.5) is 0 Å². The molecule has 0 aliphatic carbocycles. The largest absolute Gasteiger partial charge is 0.247 e. The summed E-state index contributed by atoms with van der Waals surface area (Å²) < 4.78 is 2.64. The van der Waals surface area contributed by atoms with Gasteiger partial charge in [0.15, 0.2) is 0 Å². The molecule has 0 fully saturated rings. The first-order valence-electron chi connectivity index (χ1n) is 5.55. The Bertz CT molecular complexity index is 644. The molecule has 0 saturated carbocycles. The summed E-state index contributed by atoms with van der Waals surface area (Å²) in [6.45, 7) is 0. The molecule has 18 heavy (non-hydrogen) atoms. The molecule has 3 aromatic rings. The number of benzene rings is 1. The molecule has 0 bridgehead atoms. The summed E-state index contributed by atoms with van der Waals surface area (Å²) in [6, 6.07) is 14.1. The summed E-state index contributed by atoms with van der Waals surface area (Å²) in [6.07, 6.45) is 5.64. The topological polar surface area (TPSA) is 30.7 Å². The van der Waals surface area contributed by atoms with Crippen LogP contribution in [0.3, 0.4) is 0 Å². The Morgan fingerprint density at radius 1 is 0.889 bits per heavy atom. The summed E-state index contributed by atoms with van der Waals surface area (Å²) in [5.41, 5.74) is 3.20. The van der Waals surface area contributed by atoms with Crippen LogP contribution in [0, 0.1) is 0 Å². The molecular weight excluding hydrogens is 290 g/mol. The monoisotopic (exact) mass is 299 g/mol. The van der Waals surface area contributed by atoms with Crippen LogP contribution in [0.2, 0.25) is 0 Å². The smallest absolute Gasteiger partial charge is 0.106 e. The maximum Gasteiger partial charge on any atom is 0.106 e. The van der Waals surface area contributed by atoms with Gasteiger partial charge in [0.25, 0.3) is 0 Å². The van der Waals surface area contributed by atoms with E-state index < -0.39 is 0 Å². The second-order valence-corrected chi connectivity index (χ2v) is 4.69. The van der Waals surface area contributed by atoms with E-state index in [4.69, 9.17) is 0 Å². The van der Waals surface area contributed by atoms with E-state index in [-0.39, 0.29) is 0 Å². The number of nitrogens with zero attached hydrogens (tertiary/aromatic N) is 3. The molecule has 0 N–H and O–H groups in total. The van der Waals surface area contributed by atoms with E-state index in [0.717, 1.165) is 21.4 Å². The summed E-state index contributed by atoms with van der Waals surface area (Å²) in [5, 5.41) is 4.35. The number of rotatable bonds is 2. The number of halogens is 1. The van der Waals surface area contributed by atoms with Gasteiger partial charge in [-0.05, 0) is 33.6 Å². The average Bonchev–Trinajstić information content (AvgIpc) is 2.90. The van der Waals surface area contributed by atoms with Crippen molar-refractivity contribution in [2.45, 2.75) is 0 Å². The fraction of sp³-hybridized carbons (Fsp3) is 0. The Labute approximate surface area is 113 Å². The van der Waals surface area contributed by atoms with Crippen LogP contribution >= 0.6 is 15.9 Å². The van der Waals surface area contributed by atoms with Crippen molar-refractivity contribution >= 4 is 15.9 Å². The second kappa shape index (κ2) is 4.74. The Morgan fingerprint density at radius 3 is 2.44 bits per heavy atom. The van der Waals surface area contributed by atoms with E-state index in [1.165, 1.54) is 0 Å². The van der Waals surface area contributed by atoms with Crippen LogP contribution in [0.25, 0.3) is 16.8 Å². The average molecular weight is 300 g/mol. The molecule has 0 amide bonds. The first-order chi connectivity index (χ1) is 8.83. The van der Waals surface area contributed by atoms with Crippen molar-refractivity contribution < 1.29 is 0 Å². The van der Waals surface area contributed by atoms with Gasteiger partial charge in [0.05, 0.1) is 18.1 Å². The third kappa shape index (κ3) is 2.19. The lowest BCUT2D eigenvalue weighted by molar-refractivity contribution is 0.873. The number of aromatic nitrogens is 3. The quantitative estimate of drug-likeness (QED) is 0.676. The van der Waals surface area contributed by atoms with Crippen molar-refractivity contribution in [3.05, 3.63) is 65.7 Å². The summed E-state index contributed by atoms with van der Waals surface area (Å²) in [5.74, 6) is 0. The van der Waals surface area contributed by atoms with Gasteiger partial charge in [-0.1, -0.05) is 30.3 Å². The molecule has 0 aliphatic rings. The summed E-state index contributed by atoms with van der Waals surface area (Å²) in [7, 11) is 0. The maximum atomic E-state index is 4.35. The minimum atomic E-state index is 0.821. The number of hydrogen-bond donors (Lipinski definition) is 0. The highest BCUT2D eigenvalue weighted by molar-refractivity contribution is 9.10. The van der Waals surface area contributed by atoms with Gasteiger partial charge in [-0.3, -0.25) is 0 Å². The van der Waals surface area contributed by atoms with Crippen molar-refractivity contribution in [3.63, 3.8) is 0 Å². The van der Waals surface area contributed by atoms with Crippen LogP contribution in [0.1, 0.15) is 0 Å². The Kier molecular flexibility index (Phi) is 2.94. The Morgan fingerprint density at radius 2 is 1.72 bits per heavy atom. The van der Waals surface area contributed by atoms with Gasteiger partial charge in [-0.15, -0.1) is 0 Å². The molecule has 2 heterocycles. The lowest BCUT2D eigenvalue weighted by Gasteiger charge is -2.00. The molecule has 88 valence electrons. The van der Waals surface area contributed by atoms with Crippen LogP contribution < -0.4 is 0 Å². The fourth-order valence-electron chi connectivity index (χ4n) is 1.75. The van der Waals surface area contributed by atoms with Crippen molar-refractivity contribution in [3.8, 4) is 16.8 Å². The Hall–Kier alpha value is -1.94. The number of hydrogen-bond acceptors (Lipinski definition) is 2. The van der Waals surface area contributed by atoms with E-state index in [2.05, 4.69) is 38.1 Å². The van der Waals surface area contributed by atoms with Crippen molar-refractivity contribution in [2.24, 2.45) is 0 Å². The fourth-order valence-corrected chi connectivity index (χ4v) is 1.98. The highest BCUT2D eigenvalue weighted by Gasteiger charge is 2.03. The first-order valence-corrected chi connectivity index (χ1v) is 6.34. The first kappa shape index (κ1) is 11.2. The van der Waals surface area contributed by atoms with E-state index in [0.29, 0.717) is 0 Å². The van der Waals surface area contributed by atoms with Gasteiger partial charge in [0, 0.05) is 11.8 Å². The van der Waals surface area contributed by atoms with Crippen LogP contribution in [0.5, 0.6) is 0 Å². The summed E-state index contributed by atoms with van der Waals surface area (Å²) in [4.78, 5) is 4.19. The van der Waals surface area contributed by atoms with E-state index >= 15 is 0 Å². The van der Waals surface area contributed by atoms with Gasteiger partial charge in [0.2, 0.25) is 0 Å². The minimum absolute atomic E-state index is 0.821.